The van der Waals surface area contributed by atoms with E-state index in [9.17, 15) is 4.79 Å². The van der Waals surface area contributed by atoms with Crippen LogP contribution in [0.4, 0.5) is 5.69 Å². The lowest BCUT2D eigenvalue weighted by molar-refractivity contribution is -0.120. The fraction of sp³-hybridized carbons (Fsp3) is 0.467. The second kappa shape index (κ2) is 8.83. The van der Waals surface area contributed by atoms with E-state index in [0.717, 1.165) is 30.4 Å². The van der Waals surface area contributed by atoms with Crippen molar-refractivity contribution in [1.29, 1.82) is 0 Å². The molecule has 0 saturated carbocycles. The van der Waals surface area contributed by atoms with Crippen LogP contribution in [0.15, 0.2) is 29.6 Å². The maximum Gasteiger partial charge on any atom is 0.246 e. The number of aryl methyl sites for hydroxylation is 1. The van der Waals surface area contributed by atoms with Crippen LogP contribution in [-0.4, -0.2) is 62.9 Å². The molecule has 3 rings (SSSR count). The number of hydrogen-bond acceptors (Lipinski definition) is 4. The highest BCUT2D eigenvalue weighted by molar-refractivity contribution is 14.0. The van der Waals surface area contributed by atoms with E-state index < -0.39 is 0 Å². The first-order valence-electron chi connectivity index (χ1n) is 7.98. The molecule has 0 aliphatic carbocycles. The third-order valence-electron chi connectivity index (χ3n) is 3.82. The molecule has 1 fully saturated rings. The summed E-state index contributed by atoms with van der Waals surface area (Å²) >= 11 is 0. The second-order valence-corrected chi connectivity index (χ2v) is 5.59. The SMILES string of the molecule is CCNC(=NCc1ccn[nH]1)N1CCN(c2cnn(C)c2)C(=O)C1.I. The molecule has 1 saturated heterocycles. The first-order chi connectivity index (χ1) is 11.7. The van der Waals surface area contributed by atoms with Crippen molar-refractivity contribution in [3.05, 3.63) is 30.4 Å². The zero-order valence-corrected chi connectivity index (χ0v) is 16.7. The van der Waals surface area contributed by atoms with E-state index in [4.69, 9.17) is 0 Å². The molecule has 10 heteroatoms. The number of anilines is 1. The minimum Gasteiger partial charge on any atom is -0.356 e. The van der Waals surface area contributed by atoms with Gasteiger partial charge in [-0.05, 0) is 13.0 Å². The number of carbonyl (C=O) groups excluding carboxylic acids is 1. The molecule has 2 N–H and O–H groups in total. The van der Waals surface area contributed by atoms with Gasteiger partial charge in [0, 0.05) is 39.1 Å². The van der Waals surface area contributed by atoms with Gasteiger partial charge in [0.1, 0.15) is 6.54 Å². The first kappa shape index (κ1) is 19.2. The Bertz CT molecular complexity index is 711. The van der Waals surface area contributed by atoms with Crippen molar-refractivity contribution in [3.8, 4) is 0 Å². The van der Waals surface area contributed by atoms with Crippen LogP contribution in [0.1, 0.15) is 12.6 Å². The third kappa shape index (κ3) is 4.71. The fourth-order valence-corrected chi connectivity index (χ4v) is 2.63. The third-order valence-corrected chi connectivity index (χ3v) is 3.82. The molecule has 136 valence electrons. The number of H-pyrrole nitrogens is 1. The Hall–Kier alpha value is -2.11. The molecule has 25 heavy (non-hydrogen) atoms. The summed E-state index contributed by atoms with van der Waals surface area (Å²) in [6.07, 6.45) is 5.27. The maximum atomic E-state index is 12.5. The van der Waals surface area contributed by atoms with E-state index in [1.807, 2.05) is 31.1 Å². The Morgan fingerprint density at radius 1 is 1.44 bits per heavy atom. The lowest BCUT2D eigenvalue weighted by Crippen LogP contribution is -2.55. The normalized spacial score (nSPS) is 15.3. The molecular formula is C15H23IN8O. The maximum absolute atomic E-state index is 12.5. The molecule has 0 aromatic carbocycles. The molecule has 2 aromatic heterocycles. The lowest BCUT2D eigenvalue weighted by atomic mass is 10.3. The highest BCUT2D eigenvalue weighted by Gasteiger charge is 2.27. The summed E-state index contributed by atoms with van der Waals surface area (Å²) < 4.78 is 1.70. The standard InChI is InChI=1S/C15H22N8O.HI/c1-3-16-15(17-8-12-4-5-18-20-12)22-6-7-23(14(24)11-22)13-9-19-21(2)10-13;/h4-5,9-10H,3,6-8,11H2,1-2H3,(H,16,17)(H,18,20);1H. The van der Waals surface area contributed by atoms with Crippen molar-refractivity contribution < 1.29 is 4.79 Å². The van der Waals surface area contributed by atoms with Crippen LogP contribution < -0.4 is 10.2 Å². The Labute approximate surface area is 163 Å². The molecule has 1 amide bonds. The molecule has 0 spiro atoms. The fourth-order valence-electron chi connectivity index (χ4n) is 2.63. The van der Waals surface area contributed by atoms with E-state index in [0.29, 0.717) is 19.6 Å². The van der Waals surface area contributed by atoms with E-state index >= 15 is 0 Å². The summed E-state index contributed by atoms with van der Waals surface area (Å²) in [5.41, 5.74) is 1.77. The summed E-state index contributed by atoms with van der Waals surface area (Å²) in [4.78, 5) is 20.8. The smallest absolute Gasteiger partial charge is 0.246 e. The van der Waals surface area contributed by atoms with Crippen LogP contribution in [0.3, 0.4) is 0 Å². The van der Waals surface area contributed by atoms with E-state index in [2.05, 4.69) is 25.6 Å². The van der Waals surface area contributed by atoms with Crippen LogP contribution in [0, 0.1) is 0 Å². The quantitative estimate of drug-likeness (QED) is 0.397. The van der Waals surface area contributed by atoms with Gasteiger partial charge in [-0.2, -0.15) is 10.2 Å². The number of amides is 1. The molecule has 1 aliphatic heterocycles. The summed E-state index contributed by atoms with van der Waals surface area (Å²) in [5.74, 6) is 0.785. The van der Waals surface area contributed by atoms with Crippen molar-refractivity contribution in [2.75, 3.05) is 31.1 Å². The Morgan fingerprint density at radius 2 is 2.28 bits per heavy atom. The molecule has 3 heterocycles. The predicted octanol–water partition coefficient (Wildman–Crippen LogP) is 0.575. The van der Waals surface area contributed by atoms with Gasteiger partial charge in [0.25, 0.3) is 0 Å². The largest absolute Gasteiger partial charge is 0.356 e. The number of carbonyl (C=O) groups is 1. The number of nitrogens with one attached hydrogen (secondary N) is 2. The van der Waals surface area contributed by atoms with Crippen LogP contribution >= 0.6 is 24.0 Å². The molecule has 0 atom stereocenters. The summed E-state index contributed by atoms with van der Waals surface area (Å²) in [7, 11) is 1.84. The zero-order chi connectivity index (χ0) is 16.9. The Morgan fingerprint density at radius 3 is 2.88 bits per heavy atom. The highest BCUT2D eigenvalue weighted by atomic mass is 127. The van der Waals surface area contributed by atoms with Crippen LogP contribution in [-0.2, 0) is 18.4 Å². The average Bonchev–Trinajstić information content (AvgIpc) is 3.23. The van der Waals surface area contributed by atoms with Crippen molar-refractivity contribution in [2.24, 2.45) is 12.0 Å². The molecule has 9 nitrogen and oxygen atoms in total. The molecule has 2 aromatic rings. The van der Waals surface area contributed by atoms with Crippen molar-refractivity contribution in [1.82, 2.24) is 30.2 Å². The minimum atomic E-state index is 0. The van der Waals surface area contributed by atoms with Gasteiger partial charge >= 0.3 is 0 Å². The van der Waals surface area contributed by atoms with Crippen molar-refractivity contribution in [2.45, 2.75) is 13.5 Å². The van der Waals surface area contributed by atoms with Crippen molar-refractivity contribution in [3.63, 3.8) is 0 Å². The molecule has 0 unspecified atom stereocenters. The second-order valence-electron chi connectivity index (χ2n) is 5.59. The number of nitrogens with zero attached hydrogens (tertiary/aromatic N) is 6. The zero-order valence-electron chi connectivity index (χ0n) is 14.3. The van der Waals surface area contributed by atoms with Crippen LogP contribution in [0.25, 0.3) is 0 Å². The lowest BCUT2D eigenvalue weighted by Gasteiger charge is -2.35. The highest BCUT2D eigenvalue weighted by Crippen LogP contribution is 2.16. The number of hydrogen-bond donors (Lipinski definition) is 2. The van der Waals surface area contributed by atoms with Gasteiger partial charge in [0.15, 0.2) is 5.96 Å². The van der Waals surface area contributed by atoms with Gasteiger partial charge in [-0.3, -0.25) is 14.6 Å². The van der Waals surface area contributed by atoms with E-state index in [1.165, 1.54) is 0 Å². The Kier molecular flexibility index (Phi) is 6.79. The van der Waals surface area contributed by atoms with Gasteiger partial charge in [0.2, 0.25) is 5.91 Å². The summed E-state index contributed by atoms with van der Waals surface area (Å²) in [6, 6.07) is 1.89. The van der Waals surface area contributed by atoms with E-state index in [-0.39, 0.29) is 29.9 Å². The first-order valence-corrected chi connectivity index (χ1v) is 7.98. The number of piperazine rings is 1. The van der Waals surface area contributed by atoms with Crippen LogP contribution in [0.5, 0.6) is 0 Å². The number of rotatable bonds is 4. The number of guanidine groups is 1. The number of aromatic amines is 1. The predicted molar refractivity (Wildman–Crippen MR) is 106 cm³/mol. The molecule has 0 radical (unpaired) electrons. The van der Waals surface area contributed by atoms with Gasteiger partial charge in [-0.1, -0.05) is 0 Å². The van der Waals surface area contributed by atoms with Gasteiger partial charge < -0.3 is 15.1 Å². The number of halogens is 1. The van der Waals surface area contributed by atoms with E-state index in [1.54, 1.807) is 22.0 Å². The summed E-state index contributed by atoms with van der Waals surface area (Å²) in [5, 5.41) is 14.2. The monoisotopic (exact) mass is 458 g/mol. The Balaban J connectivity index is 0.00000225. The van der Waals surface area contributed by atoms with Gasteiger partial charge in [0.05, 0.1) is 24.1 Å². The van der Waals surface area contributed by atoms with Crippen LogP contribution in [0.2, 0.25) is 0 Å². The van der Waals surface area contributed by atoms with Gasteiger partial charge in [-0.15, -0.1) is 24.0 Å². The minimum absolute atomic E-state index is 0. The topological polar surface area (TPSA) is 94.4 Å². The molecular weight excluding hydrogens is 435 g/mol. The molecule has 1 aliphatic rings. The number of aromatic nitrogens is 4. The van der Waals surface area contributed by atoms with Gasteiger partial charge in [-0.25, -0.2) is 4.99 Å². The summed E-state index contributed by atoms with van der Waals surface area (Å²) in [6.45, 7) is 4.88. The average molecular weight is 458 g/mol. The molecule has 0 bridgehead atoms. The number of aliphatic imine (C=N–C) groups is 1. The van der Waals surface area contributed by atoms with Crippen molar-refractivity contribution >= 4 is 41.5 Å².